The Morgan fingerprint density at radius 3 is 1.56 bits per heavy atom. The van der Waals surface area contributed by atoms with Crippen molar-refractivity contribution in [3.8, 4) is 0 Å². The van der Waals surface area contributed by atoms with Gasteiger partial charge in [-0.1, -0.05) is 130 Å². The molecule has 0 saturated carbocycles. The quantitative estimate of drug-likeness (QED) is 0.0424. The van der Waals surface area contributed by atoms with Crippen LogP contribution in [-0.4, -0.2) is 81.1 Å². The molecule has 0 unspecified atom stereocenters. The molecule has 0 bridgehead atoms. The van der Waals surface area contributed by atoms with E-state index in [1.165, 1.54) is 62.9 Å². The van der Waals surface area contributed by atoms with Crippen LogP contribution in [0.1, 0.15) is 113 Å². The number of thiocarbonyl (C=S) groups is 1. The van der Waals surface area contributed by atoms with E-state index in [1.54, 1.807) is 0 Å². The number of nitrogens with zero attached hydrogens (tertiary/aromatic N) is 4. The molecule has 0 heterocycles. The smallest absolute Gasteiger partial charge is 0.373 e. The van der Waals surface area contributed by atoms with Crippen LogP contribution in [0, 0.1) is 30.4 Å². The second-order valence-corrected chi connectivity index (χ2v) is 15.7. The van der Waals surface area contributed by atoms with Crippen molar-refractivity contribution in [1.29, 1.82) is 0 Å². The minimum atomic E-state index is 0. The van der Waals surface area contributed by atoms with Crippen LogP contribution in [0.3, 0.4) is 0 Å². The average molecular weight is 807 g/mol. The molecule has 0 atom stereocenters. The van der Waals surface area contributed by atoms with Gasteiger partial charge in [0.05, 0.1) is 29.4 Å². The van der Waals surface area contributed by atoms with Gasteiger partial charge in [0.25, 0.3) is 0 Å². The topological polar surface area (TPSA) is 13.0 Å². The predicted molar refractivity (Wildman–Crippen MR) is 238 cm³/mol. The first-order chi connectivity index (χ1) is 23.0. The Morgan fingerprint density at radius 1 is 0.740 bits per heavy atom. The Labute approximate surface area is 378 Å². The van der Waals surface area contributed by atoms with Crippen LogP contribution in [0.5, 0.6) is 0 Å². The molecule has 0 fully saturated rings. The van der Waals surface area contributed by atoms with Crippen LogP contribution in [0.15, 0.2) is 18.2 Å². The van der Waals surface area contributed by atoms with Gasteiger partial charge >= 0.3 is 51.4 Å². The number of hydrogen-bond acceptors (Lipinski definition) is 9. The van der Waals surface area contributed by atoms with E-state index in [0.717, 1.165) is 79.9 Å². The van der Waals surface area contributed by atoms with Crippen molar-refractivity contribution in [2.45, 2.75) is 114 Å². The molecule has 50 heavy (non-hydrogen) atoms. The fourth-order valence-corrected chi connectivity index (χ4v) is 6.81. The van der Waals surface area contributed by atoms with Gasteiger partial charge in [-0.2, -0.15) is 0 Å². The molecule has 2 aromatic rings. The van der Waals surface area contributed by atoms with Crippen molar-refractivity contribution in [3.05, 3.63) is 48.7 Å². The molecule has 0 amide bonds. The summed E-state index contributed by atoms with van der Waals surface area (Å²) in [7, 11) is 4.23. The van der Waals surface area contributed by atoms with Crippen molar-refractivity contribution < 1.29 is 51.4 Å². The van der Waals surface area contributed by atoms with Gasteiger partial charge in [0.1, 0.15) is 0 Å². The summed E-state index contributed by atoms with van der Waals surface area (Å²) in [6.45, 7) is 37.9. The Balaban J connectivity index is -0.000000679. The van der Waals surface area contributed by atoms with Crippen molar-refractivity contribution in [2.75, 3.05) is 76.3 Å². The van der Waals surface area contributed by atoms with E-state index in [-0.39, 0.29) is 56.8 Å². The van der Waals surface area contributed by atoms with Crippen molar-refractivity contribution >= 4 is 77.3 Å². The van der Waals surface area contributed by atoms with Crippen LogP contribution in [0.2, 0.25) is 0 Å². The van der Waals surface area contributed by atoms with Gasteiger partial charge in [-0.3, -0.25) is 0 Å². The minimum Gasteiger partial charge on any atom is -0.373 e. The molecular weight excluding hydrogens is 736 g/mol. The second kappa shape index (κ2) is 31.1. The summed E-state index contributed by atoms with van der Waals surface area (Å²) in [6.07, 6.45) is 8.30. The van der Waals surface area contributed by atoms with Crippen LogP contribution in [0.25, 0.3) is 0 Å². The van der Waals surface area contributed by atoms with E-state index in [9.17, 15) is 0 Å². The molecule has 0 aliphatic rings. The summed E-state index contributed by atoms with van der Waals surface area (Å²) in [5, 5.41) is 0. The maximum absolute atomic E-state index is 5.36. The zero-order valence-corrected chi connectivity index (χ0v) is 41.6. The average Bonchev–Trinajstić information content (AvgIpc) is 3.08. The molecule has 0 aliphatic heterocycles. The number of rotatable bonds is 20. The van der Waals surface area contributed by atoms with Crippen molar-refractivity contribution in [2.24, 2.45) is 5.41 Å². The molecule has 0 saturated heterocycles. The summed E-state index contributed by atoms with van der Waals surface area (Å²) >= 11 is 25.9. The minimum absolute atomic E-state index is 0. The van der Waals surface area contributed by atoms with Gasteiger partial charge in [-0.05, 0) is 107 Å². The third-order valence-electron chi connectivity index (χ3n) is 8.46. The largest absolute Gasteiger partial charge is 1.00 e. The van der Waals surface area contributed by atoms with Crippen LogP contribution in [-0.2, 0) is 6.42 Å². The first kappa shape index (κ1) is 55.2. The predicted octanol–water partition coefficient (Wildman–Crippen LogP) is 9.32. The maximum Gasteiger partial charge on any atom is 1.00 e. The first-order valence-corrected chi connectivity index (χ1v) is 20.5. The van der Waals surface area contributed by atoms with E-state index in [1.807, 2.05) is 26.8 Å². The molecule has 0 N–H and O–H groups in total. The Hall–Kier alpha value is 0.826. The third-order valence-corrected chi connectivity index (χ3v) is 10.6. The maximum atomic E-state index is 5.36. The summed E-state index contributed by atoms with van der Waals surface area (Å²) < 4.78 is 3.51. The normalized spacial score (nSPS) is 10.8. The molecular formula is C40H71KN4S5. The molecule has 10 heteroatoms. The van der Waals surface area contributed by atoms with E-state index in [0.29, 0.717) is 0 Å². The van der Waals surface area contributed by atoms with Gasteiger partial charge in [0.2, 0.25) is 0 Å². The molecule has 4 nitrogen and oxygen atoms in total. The monoisotopic (exact) mass is 806 g/mol. The van der Waals surface area contributed by atoms with E-state index < -0.39 is 0 Å². The summed E-state index contributed by atoms with van der Waals surface area (Å²) in [6, 6.07) is 2.01. The zero-order valence-electron chi connectivity index (χ0n) is 34.4. The second-order valence-electron chi connectivity index (χ2n) is 13.4. The van der Waals surface area contributed by atoms with Gasteiger partial charge in [-0.25, -0.2) is 0 Å². The standard InChI is InChI=1S/C16H27N2S2.C14H24N2S2.C8H14S.C2H6.K/c1-5-10-18(7-3)12-9-8-11-17(4)14-13(6-2)15(19)16(14)20;1-4-8-16(5-2)10-7-6-9-15(3)12-11-13(17)14(12)18;1-6(7(2)9)8(3,4)5;1-2;/h3,5-12H2,1-2,4H3;11H,4-10H2,1-3H3;1H2,2-5H3;1-2H3;/q-1;;;;+1. The van der Waals surface area contributed by atoms with Gasteiger partial charge in [0, 0.05) is 32.0 Å². The van der Waals surface area contributed by atoms with Gasteiger partial charge in [-0.15, -0.1) is 6.54 Å². The van der Waals surface area contributed by atoms with Crippen molar-refractivity contribution in [3.63, 3.8) is 0 Å². The van der Waals surface area contributed by atoms with Crippen molar-refractivity contribution in [1.82, 2.24) is 9.80 Å². The van der Waals surface area contributed by atoms with E-state index >= 15 is 0 Å². The van der Waals surface area contributed by atoms with Crippen LogP contribution >= 0.6 is 61.1 Å². The van der Waals surface area contributed by atoms with E-state index in [4.69, 9.17) is 61.1 Å². The fraction of sp³-hybridized carbons (Fsp3) is 0.700. The number of anilines is 2. The van der Waals surface area contributed by atoms with Crippen LogP contribution < -0.4 is 61.2 Å². The SMILES string of the molecule is C=C(C(C)=S)C(C)(C)C.CC.CCCN(CC)CCCCN(C)c1cc(=S)c1=S.[CH2-]CN(CCC)CCCCN(C)c1c(CC)c(=S)c1=S.[K+]. The number of unbranched alkanes of at least 4 members (excludes halogenated alkanes) is 2. The summed E-state index contributed by atoms with van der Waals surface area (Å²) in [5.41, 5.74) is 4.85. The fourth-order valence-electron chi connectivity index (χ4n) is 5.27. The summed E-state index contributed by atoms with van der Waals surface area (Å²) in [4.78, 5) is 10.4. The molecule has 0 radical (unpaired) electrons. The Morgan fingerprint density at radius 2 is 1.20 bits per heavy atom. The third kappa shape index (κ3) is 21.1. The van der Waals surface area contributed by atoms with Gasteiger partial charge < -0.3 is 26.5 Å². The van der Waals surface area contributed by atoms with Gasteiger partial charge in [0.15, 0.2) is 0 Å². The van der Waals surface area contributed by atoms with Crippen LogP contribution in [0.4, 0.5) is 11.4 Å². The Kier molecular flexibility index (Phi) is 34.3. The molecule has 282 valence electrons. The Bertz CT molecular complexity index is 1350. The molecule has 2 rings (SSSR count). The summed E-state index contributed by atoms with van der Waals surface area (Å²) in [5.74, 6) is 0. The molecule has 0 aromatic heterocycles. The molecule has 0 spiro atoms. The zero-order chi connectivity index (χ0) is 38.3. The molecule has 2 aromatic carbocycles. The van der Waals surface area contributed by atoms with E-state index in [2.05, 4.69) is 95.7 Å². The number of hydrogen-bond donors (Lipinski definition) is 0. The first-order valence-electron chi connectivity index (χ1n) is 18.5. The molecule has 0 aliphatic carbocycles. The number of allylic oxidation sites excluding steroid dienone is 1.